The average molecular weight is 288 g/mol. The normalized spacial score (nSPS) is 10.6. The van der Waals surface area contributed by atoms with E-state index in [1.807, 2.05) is 30.3 Å². The number of carbonyl (C=O) groups is 1. The van der Waals surface area contributed by atoms with Gasteiger partial charge in [-0.25, -0.2) is 4.68 Å². The largest absolute Gasteiger partial charge is 0.330 e. The molecular weight excluding hydrogens is 268 g/mol. The highest BCUT2D eigenvalue weighted by Crippen LogP contribution is 2.14. The van der Waals surface area contributed by atoms with Crippen LogP contribution in [-0.4, -0.2) is 21.8 Å². The van der Waals surface area contributed by atoms with Crippen LogP contribution >= 0.6 is 0 Å². The van der Waals surface area contributed by atoms with Crippen LogP contribution in [-0.2, 0) is 11.8 Å². The molecular formula is C15H20N4O2. The highest BCUT2D eigenvalue weighted by molar-refractivity contribution is 5.91. The molecule has 0 bridgehead atoms. The van der Waals surface area contributed by atoms with Crippen LogP contribution in [0.15, 0.2) is 35.1 Å². The highest BCUT2D eigenvalue weighted by atomic mass is 16.2. The Morgan fingerprint density at radius 1 is 1.29 bits per heavy atom. The lowest BCUT2D eigenvalue weighted by atomic mass is 10.3. The first-order valence-electron chi connectivity index (χ1n) is 6.90. The van der Waals surface area contributed by atoms with E-state index in [2.05, 4.69) is 5.32 Å². The number of para-hydroxylation sites is 1. The number of hydrogen-bond donors (Lipinski definition) is 2. The van der Waals surface area contributed by atoms with Crippen molar-refractivity contribution in [1.82, 2.24) is 9.36 Å². The van der Waals surface area contributed by atoms with E-state index in [-0.39, 0.29) is 11.5 Å². The van der Waals surface area contributed by atoms with Crippen LogP contribution in [0.1, 0.15) is 18.5 Å². The van der Waals surface area contributed by atoms with Gasteiger partial charge in [-0.05, 0) is 32.0 Å². The molecule has 1 aromatic carbocycles. The second-order valence-electron chi connectivity index (χ2n) is 4.88. The lowest BCUT2D eigenvalue weighted by Crippen LogP contribution is -2.23. The number of benzene rings is 1. The topological polar surface area (TPSA) is 82.1 Å². The molecule has 1 aromatic heterocycles. The zero-order valence-electron chi connectivity index (χ0n) is 12.3. The molecule has 0 aliphatic rings. The number of amides is 1. The summed E-state index contributed by atoms with van der Waals surface area (Å²) in [7, 11) is 1.79. The van der Waals surface area contributed by atoms with E-state index in [4.69, 9.17) is 5.73 Å². The lowest BCUT2D eigenvalue weighted by Gasteiger charge is -2.07. The van der Waals surface area contributed by atoms with Gasteiger partial charge in [-0.3, -0.25) is 14.3 Å². The summed E-state index contributed by atoms with van der Waals surface area (Å²) in [6, 6.07) is 9.31. The fourth-order valence-corrected chi connectivity index (χ4v) is 2.18. The molecule has 21 heavy (non-hydrogen) atoms. The smallest absolute Gasteiger partial charge is 0.295 e. The van der Waals surface area contributed by atoms with Crippen LogP contribution in [0, 0.1) is 6.92 Å². The molecule has 0 radical (unpaired) electrons. The Balaban J connectivity index is 2.37. The standard InChI is InChI=1S/C15H20N4O2/c1-11-14(17-13(20)9-6-10-16)15(21)19(18(11)2)12-7-4-3-5-8-12/h3-5,7-8H,6,9-10,16H2,1-2H3,(H,17,20). The van der Waals surface area contributed by atoms with Crippen molar-refractivity contribution in [2.75, 3.05) is 11.9 Å². The Labute approximate surface area is 123 Å². The minimum absolute atomic E-state index is 0.188. The first kappa shape index (κ1) is 15.1. The van der Waals surface area contributed by atoms with Crippen LogP contribution < -0.4 is 16.6 Å². The van der Waals surface area contributed by atoms with Crippen molar-refractivity contribution >= 4 is 11.6 Å². The summed E-state index contributed by atoms with van der Waals surface area (Å²) in [4.78, 5) is 24.3. The molecule has 0 spiro atoms. The molecule has 2 aromatic rings. The third kappa shape index (κ3) is 3.05. The van der Waals surface area contributed by atoms with Crippen molar-refractivity contribution in [3.05, 3.63) is 46.4 Å². The lowest BCUT2D eigenvalue weighted by molar-refractivity contribution is -0.116. The predicted octanol–water partition coefficient (Wildman–Crippen LogP) is 1.16. The molecule has 6 heteroatoms. The minimum atomic E-state index is -0.234. The molecule has 0 saturated heterocycles. The van der Waals surface area contributed by atoms with Gasteiger partial charge in [0.25, 0.3) is 5.56 Å². The molecule has 6 nitrogen and oxygen atoms in total. The molecule has 0 aliphatic carbocycles. The van der Waals surface area contributed by atoms with E-state index >= 15 is 0 Å². The van der Waals surface area contributed by atoms with E-state index in [0.717, 1.165) is 5.69 Å². The summed E-state index contributed by atoms with van der Waals surface area (Å²) >= 11 is 0. The zero-order chi connectivity index (χ0) is 15.4. The third-order valence-electron chi connectivity index (χ3n) is 3.43. The van der Waals surface area contributed by atoms with E-state index in [1.165, 1.54) is 4.68 Å². The molecule has 2 rings (SSSR count). The van der Waals surface area contributed by atoms with Gasteiger partial charge in [-0.1, -0.05) is 18.2 Å². The van der Waals surface area contributed by atoms with Crippen LogP contribution in [0.5, 0.6) is 0 Å². The van der Waals surface area contributed by atoms with Crippen LogP contribution in [0.4, 0.5) is 5.69 Å². The summed E-state index contributed by atoms with van der Waals surface area (Å²) in [5.41, 5.74) is 6.95. The van der Waals surface area contributed by atoms with Crippen molar-refractivity contribution in [2.24, 2.45) is 12.8 Å². The number of hydrogen-bond acceptors (Lipinski definition) is 3. The van der Waals surface area contributed by atoms with E-state index < -0.39 is 0 Å². The molecule has 0 atom stereocenters. The maximum Gasteiger partial charge on any atom is 0.295 e. The number of nitrogens with two attached hydrogens (primary N) is 1. The second-order valence-corrected chi connectivity index (χ2v) is 4.88. The summed E-state index contributed by atoms with van der Waals surface area (Å²) < 4.78 is 3.27. The van der Waals surface area contributed by atoms with E-state index in [0.29, 0.717) is 30.8 Å². The maximum atomic E-state index is 12.5. The van der Waals surface area contributed by atoms with Crippen molar-refractivity contribution < 1.29 is 4.79 Å². The minimum Gasteiger partial charge on any atom is -0.330 e. The van der Waals surface area contributed by atoms with Gasteiger partial charge in [0.15, 0.2) is 0 Å². The van der Waals surface area contributed by atoms with Crippen LogP contribution in [0.3, 0.4) is 0 Å². The molecule has 0 saturated carbocycles. The monoisotopic (exact) mass is 288 g/mol. The molecule has 0 unspecified atom stereocenters. The van der Waals surface area contributed by atoms with Gasteiger partial charge in [-0.15, -0.1) is 0 Å². The van der Waals surface area contributed by atoms with Crippen molar-refractivity contribution in [2.45, 2.75) is 19.8 Å². The number of carbonyl (C=O) groups excluding carboxylic acids is 1. The van der Waals surface area contributed by atoms with Gasteiger partial charge in [0.2, 0.25) is 5.91 Å². The molecule has 1 heterocycles. The Hall–Kier alpha value is -2.34. The summed E-state index contributed by atoms with van der Waals surface area (Å²) in [5.74, 6) is -0.188. The molecule has 1 amide bonds. The third-order valence-corrected chi connectivity index (χ3v) is 3.43. The Kier molecular flexibility index (Phi) is 4.59. The number of rotatable bonds is 5. The first-order valence-corrected chi connectivity index (χ1v) is 6.90. The van der Waals surface area contributed by atoms with Crippen molar-refractivity contribution in [3.8, 4) is 5.69 Å². The average Bonchev–Trinajstić information content (AvgIpc) is 2.70. The Morgan fingerprint density at radius 3 is 2.57 bits per heavy atom. The SMILES string of the molecule is Cc1c(NC(=O)CCCN)c(=O)n(-c2ccccc2)n1C. The van der Waals surface area contributed by atoms with Crippen LogP contribution in [0.25, 0.3) is 5.69 Å². The Morgan fingerprint density at radius 2 is 1.95 bits per heavy atom. The molecule has 3 N–H and O–H groups in total. The maximum absolute atomic E-state index is 12.5. The van der Waals surface area contributed by atoms with Gasteiger partial charge < -0.3 is 11.1 Å². The van der Waals surface area contributed by atoms with Gasteiger partial charge in [-0.2, -0.15) is 0 Å². The number of anilines is 1. The quantitative estimate of drug-likeness (QED) is 0.866. The molecule has 0 aliphatic heterocycles. The summed E-state index contributed by atoms with van der Waals surface area (Å²) in [5, 5.41) is 2.70. The van der Waals surface area contributed by atoms with Crippen molar-refractivity contribution in [1.29, 1.82) is 0 Å². The van der Waals surface area contributed by atoms with Gasteiger partial charge >= 0.3 is 0 Å². The predicted molar refractivity (Wildman–Crippen MR) is 82.7 cm³/mol. The Bertz CT molecular complexity index is 686. The fourth-order valence-electron chi connectivity index (χ4n) is 2.18. The van der Waals surface area contributed by atoms with Gasteiger partial charge in [0.1, 0.15) is 5.69 Å². The van der Waals surface area contributed by atoms with Crippen molar-refractivity contribution in [3.63, 3.8) is 0 Å². The zero-order valence-corrected chi connectivity index (χ0v) is 12.3. The fraction of sp³-hybridized carbons (Fsp3) is 0.333. The van der Waals surface area contributed by atoms with Gasteiger partial charge in [0.05, 0.1) is 11.4 Å². The number of nitrogens with one attached hydrogen (secondary N) is 1. The number of nitrogens with zero attached hydrogens (tertiary/aromatic N) is 2. The summed E-state index contributed by atoms with van der Waals surface area (Å²) in [6.45, 7) is 2.26. The molecule has 0 fully saturated rings. The molecule has 112 valence electrons. The van der Waals surface area contributed by atoms with E-state index in [1.54, 1.807) is 18.7 Å². The van der Waals surface area contributed by atoms with E-state index in [9.17, 15) is 9.59 Å². The first-order chi connectivity index (χ1) is 10.1. The number of aromatic nitrogens is 2. The highest BCUT2D eigenvalue weighted by Gasteiger charge is 2.17. The van der Waals surface area contributed by atoms with Crippen LogP contribution in [0.2, 0.25) is 0 Å². The van der Waals surface area contributed by atoms with Gasteiger partial charge in [0, 0.05) is 13.5 Å². The summed E-state index contributed by atoms with van der Waals surface area (Å²) in [6.07, 6.45) is 0.917. The second kappa shape index (κ2) is 6.41.